The lowest BCUT2D eigenvalue weighted by molar-refractivity contribution is -0.156. The Labute approximate surface area is 178 Å². The lowest BCUT2D eigenvalue weighted by atomic mass is 10.2. The van der Waals surface area contributed by atoms with Crippen LogP contribution >= 0.6 is 11.6 Å². The fraction of sp³-hybridized carbons (Fsp3) is 0.286. The molecule has 0 aliphatic carbocycles. The summed E-state index contributed by atoms with van der Waals surface area (Å²) in [5, 5.41) is 5.47. The van der Waals surface area contributed by atoms with Crippen molar-refractivity contribution < 1.29 is 28.6 Å². The van der Waals surface area contributed by atoms with Gasteiger partial charge in [0.15, 0.2) is 17.6 Å². The lowest BCUT2D eigenvalue weighted by Crippen LogP contribution is -2.43. The van der Waals surface area contributed by atoms with Crippen molar-refractivity contribution in [2.75, 3.05) is 6.79 Å². The number of nitrogens with one attached hydrogen (secondary N) is 2. The molecule has 9 heteroatoms. The van der Waals surface area contributed by atoms with Crippen LogP contribution in [0.5, 0.6) is 11.5 Å². The van der Waals surface area contributed by atoms with Gasteiger partial charge in [-0.2, -0.15) is 0 Å². The maximum Gasteiger partial charge on any atom is 0.329 e. The molecule has 0 radical (unpaired) electrons. The van der Waals surface area contributed by atoms with Crippen molar-refractivity contribution in [1.29, 1.82) is 0 Å². The largest absolute Gasteiger partial charge is 0.454 e. The fourth-order valence-corrected chi connectivity index (χ4v) is 2.91. The molecule has 2 aromatic rings. The first-order valence-corrected chi connectivity index (χ1v) is 9.65. The summed E-state index contributed by atoms with van der Waals surface area (Å²) in [6.07, 6.45) is -1.04. The van der Waals surface area contributed by atoms with Crippen molar-refractivity contribution in [3.05, 3.63) is 58.6 Å². The van der Waals surface area contributed by atoms with E-state index in [1.165, 1.54) is 13.8 Å². The summed E-state index contributed by atoms with van der Waals surface area (Å²) in [6, 6.07) is 10.8. The van der Waals surface area contributed by atoms with Crippen molar-refractivity contribution in [2.45, 2.75) is 32.5 Å². The van der Waals surface area contributed by atoms with E-state index in [4.69, 9.17) is 25.8 Å². The van der Waals surface area contributed by atoms with E-state index >= 15 is 0 Å². The Kier molecular flexibility index (Phi) is 6.79. The van der Waals surface area contributed by atoms with Gasteiger partial charge in [-0.25, -0.2) is 4.79 Å². The van der Waals surface area contributed by atoms with E-state index in [0.717, 1.165) is 5.56 Å². The molecule has 30 heavy (non-hydrogen) atoms. The Morgan fingerprint density at radius 1 is 1.10 bits per heavy atom. The van der Waals surface area contributed by atoms with E-state index in [1.54, 1.807) is 42.5 Å². The molecule has 1 aliphatic rings. The number of ether oxygens (including phenoxy) is 3. The van der Waals surface area contributed by atoms with Crippen LogP contribution in [0.3, 0.4) is 0 Å². The molecule has 0 saturated carbocycles. The van der Waals surface area contributed by atoms with Gasteiger partial charge in [-0.05, 0) is 43.7 Å². The van der Waals surface area contributed by atoms with Crippen LogP contribution < -0.4 is 20.1 Å². The predicted octanol–water partition coefficient (Wildman–Crippen LogP) is 2.44. The summed E-state index contributed by atoms with van der Waals surface area (Å²) in [5.41, 5.74) is 1.06. The molecule has 0 bridgehead atoms. The third-order valence-corrected chi connectivity index (χ3v) is 4.72. The van der Waals surface area contributed by atoms with Crippen LogP contribution in [0.2, 0.25) is 5.02 Å². The zero-order valence-electron chi connectivity index (χ0n) is 16.4. The number of esters is 1. The molecule has 2 amide bonds. The monoisotopic (exact) mass is 432 g/mol. The molecule has 0 unspecified atom stereocenters. The number of halogens is 1. The van der Waals surface area contributed by atoms with Crippen molar-refractivity contribution >= 4 is 29.4 Å². The highest BCUT2D eigenvalue weighted by atomic mass is 35.5. The lowest BCUT2D eigenvalue weighted by Gasteiger charge is -2.18. The molecular weight excluding hydrogens is 412 g/mol. The van der Waals surface area contributed by atoms with Gasteiger partial charge in [-0.3, -0.25) is 9.59 Å². The van der Waals surface area contributed by atoms with Gasteiger partial charge in [0, 0.05) is 6.54 Å². The van der Waals surface area contributed by atoms with Crippen molar-refractivity contribution in [2.24, 2.45) is 0 Å². The third kappa shape index (κ3) is 5.21. The molecule has 3 rings (SSSR count). The molecule has 0 fully saturated rings. The minimum Gasteiger partial charge on any atom is -0.454 e. The fourth-order valence-electron chi connectivity index (χ4n) is 2.69. The summed E-state index contributed by atoms with van der Waals surface area (Å²) < 4.78 is 15.7. The van der Waals surface area contributed by atoms with E-state index < -0.39 is 29.9 Å². The third-order valence-electron chi connectivity index (χ3n) is 4.39. The molecule has 0 spiro atoms. The van der Waals surface area contributed by atoms with Crippen LogP contribution in [0.1, 0.15) is 29.8 Å². The molecule has 0 saturated heterocycles. The van der Waals surface area contributed by atoms with Gasteiger partial charge in [0.05, 0.1) is 10.6 Å². The highest BCUT2D eigenvalue weighted by Gasteiger charge is 2.24. The average Bonchev–Trinajstić information content (AvgIpc) is 3.19. The second kappa shape index (κ2) is 9.49. The Hall–Kier alpha value is -3.26. The van der Waals surface area contributed by atoms with Crippen LogP contribution in [0.15, 0.2) is 42.5 Å². The van der Waals surface area contributed by atoms with E-state index in [1.807, 2.05) is 0 Å². The van der Waals surface area contributed by atoms with E-state index in [0.29, 0.717) is 11.5 Å². The number of hydrogen-bond donors (Lipinski definition) is 2. The Morgan fingerprint density at radius 2 is 1.83 bits per heavy atom. The molecule has 2 N–H and O–H groups in total. The summed E-state index contributed by atoms with van der Waals surface area (Å²) >= 11 is 5.98. The van der Waals surface area contributed by atoms with Gasteiger partial charge >= 0.3 is 5.97 Å². The van der Waals surface area contributed by atoms with Gasteiger partial charge in [-0.15, -0.1) is 0 Å². The van der Waals surface area contributed by atoms with Crippen molar-refractivity contribution in [1.82, 2.24) is 10.6 Å². The molecule has 2 aromatic carbocycles. The standard InChI is InChI=1S/C21H21ClN2O6/c1-12(24-20(26)15-5-3-4-6-16(15)22)21(27)30-13(2)19(25)23-10-14-7-8-17-18(9-14)29-11-28-17/h3-9,12-13H,10-11H2,1-2H3,(H,23,25)(H,24,26)/t12-,13-/m1/s1. The maximum absolute atomic E-state index is 12.2. The van der Waals surface area contributed by atoms with Gasteiger partial charge in [-0.1, -0.05) is 29.8 Å². The maximum atomic E-state index is 12.2. The first-order chi connectivity index (χ1) is 14.3. The van der Waals surface area contributed by atoms with Gasteiger partial charge < -0.3 is 24.8 Å². The van der Waals surface area contributed by atoms with E-state index in [-0.39, 0.29) is 23.9 Å². The van der Waals surface area contributed by atoms with Crippen molar-refractivity contribution in [3.8, 4) is 11.5 Å². The summed E-state index contributed by atoms with van der Waals surface area (Å²) in [6.45, 7) is 3.32. The van der Waals surface area contributed by atoms with Crippen LogP contribution in [0.25, 0.3) is 0 Å². The second-order valence-electron chi connectivity index (χ2n) is 6.66. The predicted molar refractivity (Wildman–Crippen MR) is 108 cm³/mol. The summed E-state index contributed by atoms with van der Waals surface area (Å²) in [5.74, 6) is -0.443. The highest BCUT2D eigenvalue weighted by molar-refractivity contribution is 6.33. The molecular formula is C21H21ClN2O6. The second-order valence-corrected chi connectivity index (χ2v) is 7.07. The smallest absolute Gasteiger partial charge is 0.329 e. The summed E-state index contributed by atoms with van der Waals surface area (Å²) in [4.78, 5) is 36.7. The molecule has 1 heterocycles. The quantitative estimate of drug-likeness (QED) is 0.651. The van der Waals surface area contributed by atoms with E-state index in [9.17, 15) is 14.4 Å². The van der Waals surface area contributed by atoms with Crippen molar-refractivity contribution in [3.63, 3.8) is 0 Å². The first kappa shape index (κ1) is 21.4. The number of fused-ring (bicyclic) bond motifs is 1. The Bertz CT molecular complexity index is 964. The SMILES string of the molecule is C[C@@H](NC(=O)c1ccccc1Cl)C(=O)O[C@H](C)C(=O)NCc1ccc2c(c1)OCO2. The van der Waals surface area contributed by atoms with Crippen LogP contribution in [0.4, 0.5) is 0 Å². The Balaban J connectivity index is 1.47. The van der Waals surface area contributed by atoms with E-state index in [2.05, 4.69) is 10.6 Å². The molecule has 1 aliphatic heterocycles. The minimum atomic E-state index is -1.04. The molecule has 8 nitrogen and oxygen atoms in total. The van der Waals surface area contributed by atoms with Crippen LogP contribution in [0, 0.1) is 0 Å². The number of hydrogen-bond acceptors (Lipinski definition) is 6. The number of benzene rings is 2. The van der Waals surface area contributed by atoms with Crippen LogP contribution in [-0.2, 0) is 20.9 Å². The van der Waals surface area contributed by atoms with Crippen LogP contribution in [-0.4, -0.2) is 36.7 Å². The normalized spacial score (nSPS) is 13.8. The number of carbonyl (C=O) groups excluding carboxylic acids is 3. The topological polar surface area (TPSA) is 103 Å². The Morgan fingerprint density at radius 3 is 2.60 bits per heavy atom. The van der Waals surface area contributed by atoms with Gasteiger partial charge in [0.25, 0.3) is 11.8 Å². The summed E-state index contributed by atoms with van der Waals surface area (Å²) in [7, 11) is 0. The molecule has 0 aromatic heterocycles. The zero-order chi connectivity index (χ0) is 21.7. The minimum absolute atomic E-state index is 0.170. The zero-order valence-corrected chi connectivity index (χ0v) is 17.2. The number of rotatable bonds is 7. The number of carbonyl (C=O) groups is 3. The first-order valence-electron chi connectivity index (χ1n) is 9.27. The molecule has 2 atom stereocenters. The van der Waals surface area contributed by atoms with Gasteiger partial charge in [0.1, 0.15) is 6.04 Å². The highest BCUT2D eigenvalue weighted by Crippen LogP contribution is 2.32. The average molecular weight is 433 g/mol. The van der Waals surface area contributed by atoms with Gasteiger partial charge in [0.2, 0.25) is 6.79 Å². The number of amides is 2. The molecule has 158 valence electrons.